The second-order valence-corrected chi connectivity index (χ2v) is 7.93. The summed E-state index contributed by atoms with van der Waals surface area (Å²) in [4.78, 5) is 19.5. The molecule has 0 radical (unpaired) electrons. The highest BCUT2D eigenvalue weighted by molar-refractivity contribution is 5.87. The molecule has 2 bridgehead atoms. The molecule has 7 nitrogen and oxygen atoms in total. The molecule has 2 aliphatic rings. The van der Waals surface area contributed by atoms with Crippen LogP contribution in [0.2, 0.25) is 0 Å². The molecule has 0 aromatic carbocycles. The van der Waals surface area contributed by atoms with E-state index in [1.54, 1.807) is 4.68 Å². The summed E-state index contributed by atoms with van der Waals surface area (Å²) in [6.07, 6.45) is 14.3. The molecular weight excluding hydrogens is 352 g/mol. The zero-order valence-electron chi connectivity index (χ0n) is 16.0. The quantitative estimate of drug-likeness (QED) is 0.659. The summed E-state index contributed by atoms with van der Waals surface area (Å²) in [5.41, 5.74) is 4.01. The summed E-state index contributed by atoms with van der Waals surface area (Å²) in [6, 6.07) is 2.58. The van der Waals surface area contributed by atoms with Gasteiger partial charge in [0, 0.05) is 36.8 Å². The van der Waals surface area contributed by atoms with Crippen LogP contribution in [0.4, 0.5) is 0 Å². The van der Waals surface area contributed by atoms with Crippen molar-refractivity contribution in [2.45, 2.75) is 50.1 Å². The maximum atomic E-state index is 12.4. The van der Waals surface area contributed by atoms with Crippen molar-refractivity contribution in [3.63, 3.8) is 0 Å². The molecule has 0 saturated carbocycles. The number of piperidine rings is 2. The fraction of sp³-hybridized carbons (Fsp3) is 0.429. The van der Waals surface area contributed by atoms with Gasteiger partial charge in [0.1, 0.15) is 0 Å². The van der Waals surface area contributed by atoms with E-state index >= 15 is 0 Å². The Kier molecular flexibility index (Phi) is 4.03. The third-order valence-electron chi connectivity index (χ3n) is 6.21. The molecule has 2 saturated heterocycles. The molecule has 2 aliphatic heterocycles. The second kappa shape index (κ2) is 6.58. The van der Waals surface area contributed by atoms with Crippen molar-refractivity contribution in [1.82, 2.24) is 29.3 Å². The highest BCUT2D eigenvalue weighted by atomic mass is 16.2. The summed E-state index contributed by atoms with van der Waals surface area (Å²) < 4.78 is 3.70. The van der Waals surface area contributed by atoms with Gasteiger partial charge in [-0.05, 0) is 44.2 Å². The van der Waals surface area contributed by atoms with Gasteiger partial charge in [0.15, 0.2) is 0 Å². The predicted octanol–water partition coefficient (Wildman–Crippen LogP) is 2.94. The van der Waals surface area contributed by atoms with Gasteiger partial charge >= 0.3 is 0 Å². The zero-order chi connectivity index (χ0) is 19.3. The van der Waals surface area contributed by atoms with Crippen LogP contribution in [0.25, 0.3) is 16.8 Å². The van der Waals surface area contributed by atoms with E-state index in [1.807, 2.05) is 42.4 Å². The third-order valence-corrected chi connectivity index (χ3v) is 6.21. The molecule has 0 aliphatic carbocycles. The van der Waals surface area contributed by atoms with Crippen LogP contribution in [-0.4, -0.2) is 47.3 Å². The molecule has 2 unspecified atom stereocenters. The van der Waals surface area contributed by atoms with Crippen LogP contribution in [0.15, 0.2) is 43.5 Å². The standard InChI is InChI=1S/C21H24N6O/c1-3-20(28)27-16-5-4-6-17(27)10-14(9-16)21-19-7-8-22-26(19)13-18(24-21)15-11-23-25(2)12-15/h3,7-8,11-14,16-17H,1,4-6,9-10H2,2H3. The van der Waals surface area contributed by atoms with Crippen molar-refractivity contribution in [2.24, 2.45) is 7.05 Å². The predicted molar refractivity (Wildman–Crippen MR) is 106 cm³/mol. The van der Waals surface area contributed by atoms with Gasteiger partial charge < -0.3 is 4.90 Å². The molecule has 1 amide bonds. The molecule has 2 atom stereocenters. The van der Waals surface area contributed by atoms with Crippen LogP contribution in [0.3, 0.4) is 0 Å². The fourth-order valence-electron chi connectivity index (χ4n) is 5.01. The Balaban J connectivity index is 1.55. The van der Waals surface area contributed by atoms with E-state index in [2.05, 4.69) is 21.7 Å². The van der Waals surface area contributed by atoms with E-state index < -0.39 is 0 Å². The zero-order valence-corrected chi connectivity index (χ0v) is 16.0. The first-order valence-corrected chi connectivity index (χ1v) is 9.92. The van der Waals surface area contributed by atoms with Gasteiger partial charge in [-0.2, -0.15) is 10.2 Å². The number of hydrogen-bond donors (Lipinski definition) is 0. The Morgan fingerprint density at radius 3 is 2.68 bits per heavy atom. The van der Waals surface area contributed by atoms with Crippen LogP contribution >= 0.6 is 0 Å². The van der Waals surface area contributed by atoms with Crippen molar-refractivity contribution < 1.29 is 4.79 Å². The number of nitrogens with zero attached hydrogens (tertiary/aromatic N) is 6. The van der Waals surface area contributed by atoms with Gasteiger partial charge in [-0.15, -0.1) is 0 Å². The number of aromatic nitrogens is 5. The Bertz CT molecular complexity index is 1040. The number of fused-ring (bicyclic) bond motifs is 3. The summed E-state index contributed by atoms with van der Waals surface area (Å²) in [7, 11) is 1.91. The van der Waals surface area contributed by atoms with Crippen LogP contribution in [0.5, 0.6) is 0 Å². The summed E-state index contributed by atoms with van der Waals surface area (Å²) in [6.45, 7) is 3.70. The summed E-state index contributed by atoms with van der Waals surface area (Å²) in [5.74, 6) is 0.389. The number of hydrogen-bond acceptors (Lipinski definition) is 4. The van der Waals surface area contributed by atoms with E-state index in [1.165, 1.54) is 12.5 Å². The third kappa shape index (κ3) is 2.73. The lowest BCUT2D eigenvalue weighted by Gasteiger charge is -2.48. The highest BCUT2D eigenvalue weighted by Crippen LogP contribution is 2.42. The van der Waals surface area contributed by atoms with Crippen molar-refractivity contribution >= 4 is 11.4 Å². The number of aryl methyl sites for hydroxylation is 1. The van der Waals surface area contributed by atoms with Crippen LogP contribution in [-0.2, 0) is 11.8 Å². The Hall–Kier alpha value is -2.96. The lowest BCUT2D eigenvalue weighted by Crippen LogP contribution is -2.53. The van der Waals surface area contributed by atoms with Gasteiger partial charge in [0.2, 0.25) is 5.91 Å². The van der Waals surface area contributed by atoms with Crippen LogP contribution < -0.4 is 0 Å². The van der Waals surface area contributed by atoms with Crippen molar-refractivity contribution in [2.75, 3.05) is 0 Å². The Morgan fingerprint density at radius 1 is 1.21 bits per heavy atom. The number of rotatable bonds is 3. The second-order valence-electron chi connectivity index (χ2n) is 7.93. The van der Waals surface area contributed by atoms with Crippen LogP contribution in [0.1, 0.15) is 43.7 Å². The lowest BCUT2D eigenvalue weighted by molar-refractivity contribution is -0.135. The van der Waals surface area contributed by atoms with E-state index in [4.69, 9.17) is 4.98 Å². The maximum absolute atomic E-state index is 12.4. The molecule has 2 fully saturated rings. The molecular formula is C21H24N6O. The molecule has 7 heteroatoms. The maximum Gasteiger partial charge on any atom is 0.246 e. The minimum Gasteiger partial charge on any atom is -0.333 e. The van der Waals surface area contributed by atoms with E-state index in [0.717, 1.165) is 48.2 Å². The van der Waals surface area contributed by atoms with Gasteiger partial charge in [-0.1, -0.05) is 6.58 Å². The average molecular weight is 376 g/mol. The SMILES string of the molecule is C=CC(=O)N1C2CCCC1CC(c1nc(-c3cnn(C)c3)cn3nccc13)C2. The van der Waals surface area contributed by atoms with Gasteiger partial charge in [-0.3, -0.25) is 9.48 Å². The van der Waals surface area contributed by atoms with E-state index in [0.29, 0.717) is 5.92 Å². The lowest BCUT2D eigenvalue weighted by atomic mass is 9.76. The fourth-order valence-corrected chi connectivity index (χ4v) is 5.01. The monoisotopic (exact) mass is 376 g/mol. The number of amides is 1. The normalized spacial score (nSPS) is 24.5. The molecule has 28 heavy (non-hydrogen) atoms. The largest absolute Gasteiger partial charge is 0.333 e. The molecule has 3 aromatic heterocycles. The summed E-state index contributed by atoms with van der Waals surface area (Å²) in [5, 5.41) is 8.75. The van der Waals surface area contributed by atoms with Gasteiger partial charge in [-0.25, -0.2) is 9.50 Å². The first kappa shape index (κ1) is 17.2. The minimum absolute atomic E-state index is 0.0692. The van der Waals surface area contributed by atoms with Crippen molar-refractivity contribution in [3.8, 4) is 11.3 Å². The Morgan fingerprint density at radius 2 is 2.00 bits per heavy atom. The Labute approximate surface area is 163 Å². The highest BCUT2D eigenvalue weighted by Gasteiger charge is 2.41. The first-order valence-electron chi connectivity index (χ1n) is 9.92. The first-order chi connectivity index (χ1) is 13.6. The molecule has 0 N–H and O–H groups in total. The smallest absolute Gasteiger partial charge is 0.246 e. The topological polar surface area (TPSA) is 68.3 Å². The van der Waals surface area contributed by atoms with Gasteiger partial charge in [0.05, 0.1) is 35.5 Å². The van der Waals surface area contributed by atoms with E-state index in [-0.39, 0.29) is 18.0 Å². The minimum atomic E-state index is 0.0692. The van der Waals surface area contributed by atoms with E-state index in [9.17, 15) is 4.79 Å². The van der Waals surface area contributed by atoms with Gasteiger partial charge in [0.25, 0.3) is 0 Å². The molecule has 0 spiro atoms. The van der Waals surface area contributed by atoms with Crippen molar-refractivity contribution in [1.29, 1.82) is 0 Å². The molecule has 144 valence electrons. The van der Waals surface area contributed by atoms with Crippen molar-refractivity contribution in [3.05, 3.63) is 49.2 Å². The average Bonchev–Trinajstić information content (AvgIpc) is 3.34. The molecule has 3 aromatic rings. The molecule has 5 heterocycles. The molecule has 5 rings (SSSR count). The van der Waals surface area contributed by atoms with Crippen LogP contribution in [0, 0.1) is 0 Å². The number of carbonyl (C=O) groups is 1. The summed E-state index contributed by atoms with van der Waals surface area (Å²) >= 11 is 0. The number of carbonyl (C=O) groups excluding carboxylic acids is 1.